The van der Waals surface area contributed by atoms with Gasteiger partial charge in [-0.3, -0.25) is 5.32 Å². The van der Waals surface area contributed by atoms with Crippen molar-refractivity contribution in [1.82, 2.24) is 9.97 Å². The first-order valence-corrected chi connectivity index (χ1v) is 7.00. The smallest absolute Gasteiger partial charge is 0.412 e. The number of carbonyl (C=O) groups excluding carboxylic acids is 1. The van der Waals surface area contributed by atoms with Crippen molar-refractivity contribution in [3.05, 3.63) is 23.3 Å². The molecule has 0 aliphatic rings. The van der Waals surface area contributed by atoms with Gasteiger partial charge in [-0.05, 0) is 27.7 Å². The van der Waals surface area contributed by atoms with Crippen LogP contribution in [0.2, 0.25) is 0 Å². The van der Waals surface area contributed by atoms with Crippen LogP contribution in [-0.2, 0) is 4.74 Å². The summed E-state index contributed by atoms with van der Waals surface area (Å²) in [5, 5.41) is 3.61. The van der Waals surface area contributed by atoms with Crippen LogP contribution >= 0.6 is 11.3 Å². The molecule has 2 aromatic rings. The molecule has 6 heteroatoms. The van der Waals surface area contributed by atoms with Gasteiger partial charge < -0.3 is 4.74 Å². The first-order valence-electron chi connectivity index (χ1n) is 6.19. The molecule has 0 aliphatic carbocycles. The third-order valence-corrected chi connectivity index (χ3v) is 3.29. The molecule has 1 N–H and O–H groups in total. The number of rotatable bonds is 2. The number of pyridine rings is 1. The van der Waals surface area contributed by atoms with Crippen LogP contribution in [-0.4, -0.2) is 21.7 Å². The Hall–Kier alpha value is -1.95. The second-order valence-corrected chi connectivity index (χ2v) is 6.48. The van der Waals surface area contributed by atoms with Gasteiger partial charge in [0.05, 0.1) is 16.9 Å². The molecule has 0 atom stereocenters. The minimum atomic E-state index is -0.548. The quantitative estimate of drug-likeness (QED) is 0.908. The van der Waals surface area contributed by atoms with Crippen molar-refractivity contribution in [1.29, 1.82) is 0 Å². The summed E-state index contributed by atoms with van der Waals surface area (Å²) >= 11 is 1.51. The molecule has 0 saturated carbocycles. The van der Waals surface area contributed by atoms with E-state index in [1.165, 1.54) is 11.3 Å². The van der Waals surface area contributed by atoms with Gasteiger partial charge >= 0.3 is 6.09 Å². The highest BCUT2D eigenvalue weighted by Gasteiger charge is 2.18. The fourth-order valence-electron chi connectivity index (χ4n) is 1.72. The maximum absolute atomic E-state index is 11.8. The normalized spacial score (nSPS) is 11.4. The van der Waals surface area contributed by atoms with E-state index < -0.39 is 11.7 Å². The number of anilines is 1. The van der Waals surface area contributed by atoms with E-state index in [4.69, 9.17) is 4.74 Å². The zero-order valence-electron chi connectivity index (χ0n) is 12.0. The van der Waals surface area contributed by atoms with Crippen molar-refractivity contribution < 1.29 is 9.53 Å². The molecule has 5 nitrogen and oxygen atoms in total. The number of hydrogen-bond acceptors (Lipinski definition) is 5. The van der Waals surface area contributed by atoms with Gasteiger partial charge in [0.2, 0.25) is 0 Å². The van der Waals surface area contributed by atoms with Crippen LogP contribution in [0, 0.1) is 6.92 Å². The number of aryl methyl sites for hydroxylation is 1. The van der Waals surface area contributed by atoms with E-state index in [-0.39, 0.29) is 0 Å². The molecule has 0 fully saturated rings. The standard InChI is InChI=1S/C14H17N3O2S/c1-6-9-10(17-13(18)19-14(3,4)5)7-15-12-11(9)16-8(2)20-12/h6-7H,1H2,2-5H3,(H,17,18). The lowest BCUT2D eigenvalue weighted by Crippen LogP contribution is -2.27. The summed E-state index contributed by atoms with van der Waals surface area (Å²) in [4.78, 5) is 21.4. The second-order valence-electron chi connectivity index (χ2n) is 5.30. The fourth-order valence-corrected chi connectivity index (χ4v) is 2.49. The molecule has 0 unspecified atom stereocenters. The Balaban J connectivity index is 2.35. The van der Waals surface area contributed by atoms with Crippen LogP contribution in [0.4, 0.5) is 10.5 Å². The second kappa shape index (κ2) is 5.20. The van der Waals surface area contributed by atoms with Gasteiger partial charge in [0.25, 0.3) is 0 Å². The van der Waals surface area contributed by atoms with Crippen LogP contribution in [0.3, 0.4) is 0 Å². The Morgan fingerprint density at radius 1 is 1.50 bits per heavy atom. The molecule has 2 aromatic heterocycles. The highest BCUT2D eigenvalue weighted by molar-refractivity contribution is 7.18. The Kier molecular flexibility index (Phi) is 3.76. The highest BCUT2D eigenvalue weighted by Crippen LogP contribution is 2.28. The Morgan fingerprint density at radius 3 is 2.80 bits per heavy atom. The predicted octanol–water partition coefficient (Wildman–Crippen LogP) is 3.99. The topological polar surface area (TPSA) is 64.1 Å². The Labute approximate surface area is 121 Å². The lowest BCUT2D eigenvalue weighted by Gasteiger charge is -2.20. The fraction of sp³-hybridized carbons (Fsp3) is 0.357. The first kappa shape index (κ1) is 14.5. The van der Waals surface area contributed by atoms with Gasteiger partial charge in [0.15, 0.2) is 0 Å². The van der Waals surface area contributed by atoms with E-state index in [9.17, 15) is 4.79 Å². The Bertz CT molecular complexity index is 671. The molecule has 20 heavy (non-hydrogen) atoms. The van der Waals surface area contributed by atoms with Gasteiger partial charge in [-0.15, -0.1) is 0 Å². The van der Waals surface area contributed by atoms with Crippen LogP contribution < -0.4 is 5.32 Å². The molecule has 2 rings (SSSR count). The van der Waals surface area contributed by atoms with E-state index in [0.717, 1.165) is 20.9 Å². The average molecular weight is 291 g/mol. The van der Waals surface area contributed by atoms with E-state index >= 15 is 0 Å². The van der Waals surface area contributed by atoms with Crippen molar-refractivity contribution in [3.63, 3.8) is 0 Å². The zero-order chi connectivity index (χ0) is 14.9. The summed E-state index contributed by atoms with van der Waals surface area (Å²) < 4.78 is 5.23. The predicted molar refractivity (Wildman–Crippen MR) is 82.1 cm³/mol. The third-order valence-electron chi connectivity index (χ3n) is 2.41. The third kappa shape index (κ3) is 3.14. The molecule has 0 radical (unpaired) electrons. The minimum absolute atomic E-state index is 0.520. The number of hydrogen-bond donors (Lipinski definition) is 1. The molecule has 0 spiro atoms. The molecular formula is C14H17N3O2S. The van der Waals surface area contributed by atoms with Crippen LogP contribution in [0.1, 0.15) is 31.3 Å². The summed E-state index contributed by atoms with van der Waals surface area (Å²) in [6, 6.07) is 0. The van der Waals surface area contributed by atoms with E-state index in [1.54, 1.807) is 12.3 Å². The molecular weight excluding hydrogens is 274 g/mol. The van der Waals surface area contributed by atoms with Crippen LogP contribution in [0.25, 0.3) is 16.4 Å². The van der Waals surface area contributed by atoms with Crippen LogP contribution in [0.5, 0.6) is 0 Å². The van der Waals surface area contributed by atoms with Gasteiger partial charge in [-0.25, -0.2) is 14.8 Å². The SMILES string of the molecule is C=Cc1c(NC(=O)OC(C)(C)C)cnc2sc(C)nc12. The average Bonchev–Trinajstić information content (AvgIpc) is 2.66. The van der Waals surface area contributed by atoms with Crippen molar-refractivity contribution in [2.24, 2.45) is 0 Å². The van der Waals surface area contributed by atoms with Crippen molar-refractivity contribution in [2.45, 2.75) is 33.3 Å². The van der Waals surface area contributed by atoms with Crippen molar-refractivity contribution >= 4 is 39.5 Å². The number of fused-ring (bicyclic) bond motifs is 1. The summed E-state index contributed by atoms with van der Waals surface area (Å²) in [6.45, 7) is 11.1. The zero-order valence-corrected chi connectivity index (χ0v) is 12.8. The summed E-state index contributed by atoms with van der Waals surface area (Å²) in [5.74, 6) is 0. The molecule has 0 bridgehead atoms. The molecule has 106 valence electrons. The number of nitrogens with one attached hydrogen (secondary N) is 1. The number of thiazole rings is 1. The van der Waals surface area contributed by atoms with Crippen molar-refractivity contribution in [3.8, 4) is 0 Å². The van der Waals surface area contributed by atoms with Gasteiger partial charge in [-0.2, -0.15) is 0 Å². The van der Waals surface area contributed by atoms with Gasteiger partial charge in [0.1, 0.15) is 15.9 Å². The number of aromatic nitrogens is 2. The van der Waals surface area contributed by atoms with E-state index in [0.29, 0.717) is 5.69 Å². The number of amides is 1. The maximum Gasteiger partial charge on any atom is 0.412 e. The molecule has 2 heterocycles. The number of nitrogens with zero attached hydrogens (tertiary/aromatic N) is 2. The number of ether oxygens (including phenoxy) is 1. The highest BCUT2D eigenvalue weighted by atomic mass is 32.1. The lowest BCUT2D eigenvalue weighted by atomic mass is 10.2. The molecule has 0 saturated heterocycles. The minimum Gasteiger partial charge on any atom is -0.444 e. The summed E-state index contributed by atoms with van der Waals surface area (Å²) in [7, 11) is 0. The van der Waals surface area contributed by atoms with Gasteiger partial charge in [-0.1, -0.05) is 24.0 Å². The molecule has 0 aromatic carbocycles. The van der Waals surface area contributed by atoms with Crippen LogP contribution in [0.15, 0.2) is 12.8 Å². The lowest BCUT2D eigenvalue weighted by molar-refractivity contribution is 0.0636. The van der Waals surface area contributed by atoms with Crippen molar-refractivity contribution in [2.75, 3.05) is 5.32 Å². The summed E-state index contributed by atoms with van der Waals surface area (Å²) in [6.07, 6.45) is 2.74. The largest absolute Gasteiger partial charge is 0.444 e. The van der Waals surface area contributed by atoms with E-state index in [2.05, 4.69) is 21.9 Å². The molecule has 0 aliphatic heterocycles. The van der Waals surface area contributed by atoms with E-state index in [1.807, 2.05) is 27.7 Å². The maximum atomic E-state index is 11.8. The summed E-state index contributed by atoms with van der Waals surface area (Å²) in [5.41, 5.74) is 1.50. The monoisotopic (exact) mass is 291 g/mol. The molecule has 1 amide bonds. The first-order chi connectivity index (χ1) is 9.30. The number of carbonyl (C=O) groups is 1. The van der Waals surface area contributed by atoms with Gasteiger partial charge in [0, 0.05) is 5.56 Å². The Morgan fingerprint density at radius 2 is 2.20 bits per heavy atom.